The molecule has 3 nitrogen and oxygen atoms in total. The lowest BCUT2D eigenvalue weighted by Crippen LogP contribution is -2.19. The minimum atomic E-state index is 0.151. The molecule has 3 rings (SSSR count). The van der Waals surface area contributed by atoms with Gasteiger partial charge in [-0.2, -0.15) is 0 Å². The molecule has 104 valence electrons. The van der Waals surface area contributed by atoms with Crippen molar-refractivity contribution in [2.24, 2.45) is 0 Å². The Kier molecular flexibility index (Phi) is 3.85. The van der Waals surface area contributed by atoms with Crippen molar-refractivity contribution >= 4 is 21.4 Å². The van der Waals surface area contributed by atoms with Gasteiger partial charge in [-0.25, -0.2) is 4.98 Å². The summed E-state index contributed by atoms with van der Waals surface area (Å²) in [6.07, 6.45) is 2.93. The number of rotatable bonds is 5. The molecule has 0 radical (unpaired) electrons. The average Bonchev–Trinajstić information content (AvgIpc) is 3.10. The number of benzene rings is 1. The molecule has 0 saturated carbocycles. The van der Waals surface area contributed by atoms with E-state index < -0.39 is 0 Å². The van der Waals surface area contributed by atoms with E-state index in [-0.39, 0.29) is 6.04 Å². The lowest BCUT2D eigenvalue weighted by atomic mass is 10.2. The van der Waals surface area contributed by atoms with Crippen molar-refractivity contribution in [2.45, 2.75) is 26.3 Å². The Bertz CT molecular complexity index is 668. The minimum Gasteiger partial charge on any atom is -0.438 e. The normalized spacial score (nSPS) is 12.9. The van der Waals surface area contributed by atoms with E-state index in [0.717, 1.165) is 29.5 Å². The van der Waals surface area contributed by atoms with Crippen LogP contribution in [0, 0.1) is 0 Å². The molecule has 1 atom stereocenters. The monoisotopic (exact) mass is 286 g/mol. The molecule has 0 bridgehead atoms. The van der Waals surface area contributed by atoms with E-state index in [1.807, 2.05) is 6.20 Å². The molecule has 0 aliphatic carbocycles. The van der Waals surface area contributed by atoms with Gasteiger partial charge in [-0.1, -0.05) is 25.1 Å². The quantitative estimate of drug-likeness (QED) is 0.744. The molecular weight excluding hydrogens is 268 g/mol. The van der Waals surface area contributed by atoms with Gasteiger partial charge in [0.15, 0.2) is 5.76 Å². The fourth-order valence-electron chi connectivity index (χ4n) is 2.15. The molecule has 4 heteroatoms. The van der Waals surface area contributed by atoms with Gasteiger partial charge in [0.25, 0.3) is 0 Å². The van der Waals surface area contributed by atoms with Gasteiger partial charge in [-0.15, -0.1) is 11.3 Å². The van der Waals surface area contributed by atoms with E-state index in [1.54, 1.807) is 11.3 Å². The van der Waals surface area contributed by atoms with E-state index in [1.165, 1.54) is 10.1 Å². The van der Waals surface area contributed by atoms with Crippen molar-refractivity contribution in [3.63, 3.8) is 0 Å². The zero-order valence-corrected chi connectivity index (χ0v) is 12.5. The molecular formula is C16H18N2OS. The SMILES string of the molecule is CCCNC(C)c1ncc(-c2cc3ccccc3s2)o1. The topological polar surface area (TPSA) is 38.1 Å². The molecule has 2 aromatic heterocycles. The van der Waals surface area contributed by atoms with Crippen LogP contribution in [0.15, 0.2) is 40.9 Å². The van der Waals surface area contributed by atoms with Gasteiger partial charge in [-0.3, -0.25) is 0 Å². The van der Waals surface area contributed by atoms with Crippen LogP contribution in [0.5, 0.6) is 0 Å². The van der Waals surface area contributed by atoms with Crippen molar-refractivity contribution in [3.8, 4) is 10.6 Å². The molecule has 1 unspecified atom stereocenters. The first-order valence-corrected chi connectivity index (χ1v) is 7.77. The summed E-state index contributed by atoms with van der Waals surface area (Å²) in [5.74, 6) is 1.61. The zero-order valence-electron chi connectivity index (χ0n) is 11.7. The molecule has 0 saturated heterocycles. The third-order valence-corrected chi connectivity index (χ3v) is 4.39. The van der Waals surface area contributed by atoms with E-state index >= 15 is 0 Å². The number of thiophene rings is 1. The summed E-state index contributed by atoms with van der Waals surface area (Å²) in [6, 6.07) is 10.7. The van der Waals surface area contributed by atoms with Gasteiger partial charge in [0, 0.05) is 4.70 Å². The van der Waals surface area contributed by atoms with Crippen LogP contribution in [0.4, 0.5) is 0 Å². The van der Waals surface area contributed by atoms with Crippen LogP contribution in [-0.2, 0) is 0 Å². The summed E-state index contributed by atoms with van der Waals surface area (Å²) in [4.78, 5) is 5.53. The number of hydrogen-bond acceptors (Lipinski definition) is 4. The Morgan fingerprint density at radius 1 is 1.35 bits per heavy atom. The number of oxazole rings is 1. The Morgan fingerprint density at radius 3 is 3.00 bits per heavy atom. The molecule has 20 heavy (non-hydrogen) atoms. The van der Waals surface area contributed by atoms with Gasteiger partial charge in [0.1, 0.15) is 0 Å². The molecule has 0 spiro atoms. The molecule has 1 N–H and O–H groups in total. The zero-order chi connectivity index (χ0) is 13.9. The van der Waals surface area contributed by atoms with E-state index in [9.17, 15) is 0 Å². The van der Waals surface area contributed by atoms with Gasteiger partial charge in [0.2, 0.25) is 5.89 Å². The average molecular weight is 286 g/mol. The number of fused-ring (bicyclic) bond motifs is 1. The van der Waals surface area contributed by atoms with Crippen LogP contribution in [0.25, 0.3) is 20.7 Å². The lowest BCUT2D eigenvalue weighted by Gasteiger charge is -2.08. The molecule has 0 aliphatic rings. The first-order valence-electron chi connectivity index (χ1n) is 6.96. The van der Waals surface area contributed by atoms with E-state index in [4.69, 9.17) is 4.42 Å². The lowest BCUT2D eigenvalue weighted by molar-refractivity contribution is 0.423. The fourth-order valence-corrected chi connectivity index (χ4v) is 3.16. The standard InChI is InChI=1S/C16H18N2OS/c1-3-8-17-11(2)16-18-10-13(19-16)15-9-12-6-4-5-7-14(12)20-15/h4-7,9-11,17H,3,8H2,1-2H3. The second-order valence-electron chi connectivity index (χ2n) is 4.89. The smallest absolute Gasteiger partial charge is 0.211 e. The number of nitrogens with one attached hydrogen (secondary N) is 1. The maximum Gasteiger partial charge on any atom is 0.211 e. The predicted octanol–water partition coefficient (Wildman–Crippen LogP) is 4.62. The molecule has 0 amide bonds. The summed E-state index contributed by atoms with van der Waals surface area (Å²) in [5.41, 5.74) is 0. The molecule has 0 fully saturated rings. The number of nitrogens with zero attached hydrogens (tertiary/aromatic N) is 1. The highest BCUT2D eigenvalue weighted by atomic mass is 32.1. The third kappa shape index (κ3) is 2.62. The van der Waals surface area contributed by atoms with Crippen molar-refractivity contribution in [1.29, 1.82) is 0 Å². The third-order valence-electron chi connectivity index (χ3n) is 3.26. The second kappa shape index (κ2) is 5.77. The van der Waals surface area contributed by atoms with Crippen molar-refractivity contribution in [3.05, 3.63) is 42.4 Å². The first kappa shape index (κ1) is 13.3. The van der Waals surface area contributed by atoms with Gasteiger partial charge in [-0.05, 0) is 37.4 Å². The summed E-state index contributed by atoms with van der Waals surface area (Å²) < 4.78 is 7.17. The second-order valence-corrected chi connectivity index (χ2v) is 5.97. The van der Waals surface area contributed by atoms with Crippen molar-refractivity contribution < 1.29 is 4.42 Å². The summed E-state index contributed by atoms with van der Waals surface area (Å²) in [6.45, 7) is 5.20. The van der Waals surface area contributed by atoms with Gasteiger partial charge >= 0.3 is 0 Å². The van der Waals surface area contributed by atoms with Crippen LogP contribution in [0.3, 0.4) is 0 Å². The summed E-state index contributed by atoms with van der Waals surface area (Å²) >= 11 is 1.74. The number of hydrogen-bond donors (Lipinski definition) is 1. The van der Waals surface area contributed by atoms with Crippen LogP contribution in [0.2, 0.25) is 0 Å². The Hall–Kier alpha value is -1.65. The molecule has 1 aromatic carbocycles. The van der Waals surface area contributed by atoms with Gasteiger partial charge < -0.3 is 9.73 Å². The maximum absolute atomic E-state index is 5.89. The maximum atomic E-state index is 5.89. The Morgan fingerprint density at radius 2 is 2.20 bits per heavy atom. The highest BCUT2D eigenvalue weighted by Crippen LogP contribution is 2.34. The summed E-state index contributed by atoms with van der Waals surface area (Å²) in [5, 5.41) is 4.64. The molecule has 2 heterocycles. The molecule has 0 aliphatic heterocycles. The Labute approximate surface area is 122 Å². The summed E-state index contributed by atoms with van der Waals surface area (Å²) in [7, 11) is 0. The van der Waals surface area contributed by atoms with Crippen LogP contribution in [0.1, 0.15) is 32.2 Å². The van der Waals surface area contributed by atoms with Crippen molar-refractivity contribution in [1.82, 2.24) is 10.3 Å². The largest absolute Gasteiger partial charge is 0.438 e. The highest BCUT2D eigenvalue weighted by Gasteiger charge is 2.14. The van der Waals surface area contributed by atoms with Crippen LogP contribution < -0.4 is 5.32 Å². The van der Waals surface area contributed by atoms with Crippen LogP contribution >= 0.6 is 11.3 Å². The number of aromatic nitrogens is 1. The first-order chi connectivity index (χ1) is 9.78. The van der Waals surface area contributed by atoms with Crippen molar-refractivity contribution in [2.75, 3.05) is 6.54 Å². The molecule has 3 aromatic rings. The van der Waals surface area contributed by atoms with E-state index in [2.05, 4.69) is 54.5 Å². The Balaban J connectivity index is 1.85. The predicted molar refractivity (Wildman–Crippen MR) is 84.0 cm³/mol. The highest BCUT2D eigenvalue weighted by molar-refractivity contribution is 7.22. The fraction of sp³-hybridized carbons (Fsp3) is 0.312. The van der Waals surface area contributed by atoms with Gasteiger partial charge in [0.05, 0.1) is 17.1 Å². The minimum absolute atomic E-state index is 0.151. The van der Waals surface area contributed by atoms with Crippen LogP contribution in [-0.4, -0.2) is 11.5 Å². The van der Waals surface area contributed by atoms with E-state index in [0.29, 0.717) is 0 Å².